The van der Waals surface area contributed by atoms with Gasteiger partial charge in [0.05, 0.1) is 5.75 Å². The van der Waals surface area contributed by atoms with Crippen molar-refractivity contribution in [3.05, 3.63) is 17.6 Å². The van der Waals surface area contributed by atoms with Crippen LogP contribution in [0.4, 0.5) is 5.82 Å². The van der Waals surface area contributed by atoms with Gasteiger partial charge in [0.25, 0.3) is 0 Å². The van der Waals surface area contributed by atoms with Crippen molar-refractivity contribution >= 4 is 17.6 Å². The molecule has 0 fully saturated rings. The molecule has 0 atom stereocenters. The normalized spacial score (nSPS) is 10.5. The first-order valence-electron chi connectivity index (χ1n) is 5.40. The molecule has 1 heterocycles. The predicted molar refractivity (Wildman–Crippen MR) is 66.9 cm³/mol. The minimum atomic E-state index is 0.576. The van der Waals surface area contributed by atoms with Gasteiger partial charge in [0.15, 0.2) is 0 Å². The summed E-state index contributed by atoms with van der Waals surface area (Å²) in [5.74, 6) is 3.49. The maximum Gasteiger partial charge on any atom is 0.140 e. The zero-order valence-corrected chi connectivity index (χ0v) is 10.3. The van der Waals surface area contributed by atoms with Crippen LogP contribution in [0.25, 0.3) is 0 Å². The Bertz CT molecular complexity index is 282. The Labute approximate surface area is 95.9 Å². The number of nitrogens with zero attached hydrogens (tertiary/aromatic N) is 2. The Kier molecular flexibility index (Phi) is 5.47. The van der Waals surface area contributed by atoms with Crippen molar-refractivity contribution in [3.8, 4) is 0 Å². The molecule has 0 unspecified atom stereocenters. The minimum Gasteiger partial charge on any atom is -0.384 e. The van der Waals surface area contributed by atoms with Crippen molar-refractivity contribution in [2.24, 2.45) is 0 Å². The van der Waals surface area contributed by atoms with E-state index < -0.39 is 0 Å². The summed E-state index contributed by atoms with van der Waals surface area (Å²) in [4.78, 5) is 8.54. The second-order valence-corrected chi connectivity index (χ2v) is 4.72. The van der Waals surface area contributed by atoms with Crippen molar-refractivity contribution in [2.45, 2.75) is 38.9 Å². The average Bonchev–Trinajstić information content (AvgIpc) is 2.16. The quantitative estimate of drug-likeness (QED) is 0.756. The number of unbranched alkanes of at least 4 members (excludes halogenated alkanes) is 2. The highest BCUT2D eigenvalue weighted by atomic mass is 32.2. The van der Waals surface area contributed by atoms with Gasteiger partial charge in [-0.1, -0.05) is 19.8 Å². The molecule has 2 N–H and O–H groups in total. The number of hydrogen-bond acceptors (Lipinski definition) is 4. The molecule has 0 aromatic carbocycles. The molecule has 0 aliphatic carbocycles. The number of aryl methyl sites for hydroxylation is 1. The molecule has 1 aromatic rings. The number of hydrogen-bond donors (Lipinski definition) is 1. The fourth-order valence-corrected chi connectivity index (χ4v) is 2.20. The lowest BCUT2D eigenvalue weighted by atomic mass is 10.3. The average molecular weight is 225 g/mol. The maximum atomic E-state index is 5.65. The van der Waals surface area contributed by atoms with Gasteiger partial charge >= 0.3 is 0 Å². The van der Waals surface area contributed by atoms with Gasteiger partial charge in [0.1, 0.15) is 11.6 Å². The fraction of sp³-hybridized carbons (Fsp3) is 0.636. The highest BCUT2D eigenvalue weighted by molar-refractivity contribution is 7.98. The molecule has 0 radical (unpaired) electrons. The number of nitrogen functional groups attached to an aromatic ring is 1. The van der Waals surface area contributed by atoms with E-state index in [4.69, 9.17) is 5.73 Å². The summed E-state index contributed by atoms with van der Waals surface area (Å²) >= 11 is 1.88. The van der Waals surface area contributed by atoms with Crippen LogP contribution in [0, 0.1) is 6.92 Å². The van der Waals surface area contributed by atoms with Gasteiger partial charge in [-0.25, -0.2) is 9.97 Å². The number of rotatable bonds is 6. The molecule has 84 valence electrons. The molecule has 0 aliphatic heterocycles. The molecule has 1 rings (SSSR count). The van der Waals surface area contributed by atoms with Gasteiger partial charge in [-0.3, -0.25) is 0 Å². The van der Waals surface area contributed by atoms with Gasteiger partial charge in [-0.2, -0.15) is 11.8 Å². The van der Waals surface area contributed by atoms with E-state index >= 15 is 0 Å². The summed E-state index contributed by atoms with van der Waals surface area (Å²) in [5, 5.41) is 0. The van der Waals surface area contributed by atoms with E-state index in [0.29, 0.717) is 5.82 Å². The summed E-state index contributed by atoms with van der Waals surface area (Å²) in [7, 11) is 0. The molecule has 0 saturated carbocycles. The molecule has 4 heteroatoms. The topological polar surface area (TPSA) is 51.8 Å². The van der Waals surface area contributed by atoms with Crippen molar-refractivity contribution < 1.29 is 0 Å². The zero-order chi connectivity index (χ0) is 11.1. The Morgan fingerprint density at radius 1 is 1.33 bits per heavy atom. The van der Waals surface area contributed by atoms with Crippen molar-refractivity contribution in [1.82, 2.24) is 9.97 Å². The predicted octanol–water partition coefficient (Wildman–Crippen LogP) is 2.79. The molecule has 3 nitrogen and oxygen atoms in total. The molecule has 0 bridgehead atoms. The van der Waals surface area contributed by atoms with Crippen LogP contribution in [0.3, 0.4) is 0 Å². The van der Waals surface area contributed by atoms with Crippen LogP contribution in [0.15, 0.2) is 6.07 Å². The van der Waals surface area contributed by atoms with Crippen molar-refractivity contribution in [2.75, 3.05) is 11.5 Å². The Morgan fingerprint density at radius 2 is 2.13 bits per heavy atom. The van der Waals surface area contributed by atoms with Gasteiger partial charge in [-0.15, -0.1) is 0 Å². The Hall–Kier alpha value is -0.770. The van der Waals surface area contributed by atoms with Crippen LogP contribution >= 0.6 is 11.8 Å². The molecular weight excluding hydrogens is 206 g/mol. The van der Waals surface area contributed by atoms with Crippen molar-refractivity contribution in [3.63, 3.8) is 0 Å². The minimum absolute atomic E-state index is 0.576. The summed E-state index contributed by atoms with van der Waals surface area (Å²) < 4.78 is 0. The van der Waals surface area contributed by atoms with Gasteiger partial charge in [-0.05, 0) is 19.1 Å². The van der Waals surface area contributed by atoms with Crippen LogP contribution < -0.4 is 5.73 Å². The second-order valence-electron chi connectivity index (χ2n) is 3.61. The van der Waals surface area contributed by atoms with Gasteiger partial charge in [0.2, 0.25) is 0 Å². The number of nitrogens with two attached hydrogens (primary N) is 1. The summed E-state index contributed by atoms with van der Waals surface area (Å²) in [6, 6.07) is 1.80. The van der Waals surface area contributed by atoms with E-state index in [9.17, 15) is 0 Å². The Balaban J connectivity index is 2.31. The van der Waals surface area contributed by atoms with Crippen LogP contribution in [-0.2, 0) is 5.75 Å². The molecule has 15 heavy (non-hydrogen) atoms. The third-order valence-electron chi connectivity index (χ3n) is 2.04. The van der Waals surface area contributed by atoms with Crippen LogP contribution in [0.1, 0.15) is 37.7 Å². The number of anilines is 1. The molecule has 0 spiro atoms. The number of thioether (sulfide) groups is 1. The molecule has 0 amide bonds. The standard InChI is InChI=1S/C11H19N3S/c1-3-4-5-6-15-8-11-13-9(2)7-10(12)14-11/h7H,3-6,8H2,1-2H3,(H2,12,13,14). The van der Waals surface area contributed by atoms with Crippen LogP contribution in [0.2, 0.25) is 0 Å². The molecule has 0 saturated heterocycles. The monoisotopic (exact) mass is 225 g/mol. The van der Waals surface area contributed by atoms with Crippen molar-refractivity contribution in [1.29, 1.82) is 0 Å². The first-order valence-corrected chi connectivity index (χ1v) is 6.55. The SMILES string of the molecule is CCCCCSCc1nc(C)cc(N)n1. The smallest absolute Gasteiger partial charge is 0.140 e. The van der Waals surface area contributed by atoms with Crippen LogP contribution in [-0.4, -0.2) is 15.7 Å². The Morgan fingerprint density at radius 3 is 2.80 bits per heavy atom. The van der Waals surface area contributed by atoms with E-state index in [1.807, 2.05) is 18.7 Å². The van der Waals surface area contributed by atoms with Gasteiger partial charge in [0, 0.05) is 11.8 Å². The highest BCUT2D eigenvalue weighted by Gasteiger charge is 1.99. The van der Waals surface area contributed by atoms with E-state index in [-0.39, 0.29) is 0 Å². The van der Waals surface area contributed by atoms with Crippen LogP contribution in [0.5, 0.6) is 0 Å². The third kappa shape index (κ3) is 5.02. The fourth-order valence-electron chi connectivity index (χ4n) is 1.34. The molecular formula is C11H19N3S. The lowest BCUT2D eigenvalue weighted by Gasteiger charge is -2.02. The molecule has 1 aromatic heterocycles. The van der Waals surface area contributed by atoms with E-state index in [1.54, 1.807) is 6.07 Å². The highest BCUT2D eigenvalue weighted by Crippen LogP contribution is 2.12. The summed E-state index contributed by atoms with van der Waals surface area (Å²) in [5.41, 5.74) is 6.60. The summed E-state index contributed by atoms with van der Waals surface area (Å²) in [6.45, 7) is 4.17. The lowest BCUT2D eigenvalue weighted by molar-refractivity contribution is 0.778. The summed E-state index contributed by atoms with van der Waals surface area (Å²) in [6.07, 6.45) is 3.86. The van der Waals surface area contributed by atoms with E-state index in [0.717, 1.165) is 17.3 Å². The number of aromatic nitrogens is 2. The molecule has 0 aliphatic rings. The van der Waals surface area contributed by atoms with Gasteiger partial charge < -0.3 is 5.73 Å². The first-order chi connectivity index (χ1) is 7.22. The lowest BCUT2D eigenvalue weighted by Crippen LogP contribution is -2.00. The van der Waals surface area contributed by atoms with E-state index in [2.05, 4.69) is 16.9 Å². The largest absolute Gasteiger partial charge is 0.384 e. The maximum absolute atomic E-state index is 5.65. The second kappa shape index (κ2) is 6.67. The van der Waals surface area contributed by atoms with E-state index in [1.165, 1.54) is 25.0 Å². The third-order valence-corrected chi connectivity index (χ3v) is 3.08. The first kappa shape index (κ1) is 12.3. The zero-order valence-electron chi connectivity index (χ0n) is 9.49.